The topological polar surface area (TPSA) is 57.5 Å². The van der Waals surface area contributed by atoms with E-state index >= 15 is 0 Å². The monoisotopic (exact) mass is 261 g/mol. The van der Waals surface area contributed by atoms with Crippen LogP contribution in [0.5, 0.6) is 5.75 Å². The van der Waals surface area contributed by atoms with Crippen LogP contribution in [-0.4, -0.2) is 24.8 Å². The van der Waals surface area contributed by atoms with Crippen molar-refractivity contribution < 1.29 is 14.3 Å². The van der Waals surface area contributed by atoms with E-state index in [9.17, 15) is 9.59 Å². The summed E-state index contributed by atoms with van der Waals surface area (Å²) in [6, 6.07) is 6.10. The average Bonchev–Trinajstić information content (AvgIpc) is 2.45. The van der Waals surface area contributed by atoms with Crippen LogP contribution >= 0.6 is 0 Å². The second-order valence-electron chi connectivity index (χ2n) is 4.14. The molecule has 5 heteroatoms. The van der Waals surface area contributed by atoms with Crippen LogP contribution < -0.4 is 10.2 Å². The molecule has 1 aromatic carbocycles. The van der Waals surface area contributed by atoms with Crippen LogP contribution in [0.15, 0.2) is 35.3 Å². The Morgan fingerprint density at radius 3 is 2.63 bits per heavy atom. The summed E-state index contributed by atoms with van der Waals surface area (Å²) in [5.74, 6) is 0.168. The quantitative estimate of drug-likeness (QED) is 0.790. The van der Waals surface area contributed by atoms with Crippen molar-refractivity contribution in [2.45, 2.75) is 13.0 Å². The molecule has 1 atom stereocenters. The third-order valence-corrected chi connectivity index (χ3v) is 3.09. The lowest BCUT2D eigenvalue weighted by Crippen LogP contribution is -2.20. The van der Waals surface area contributed by atoms with Gasteiger partial charge < -0.3 is 14.0 Å². The molecule has 0 spiro atoms. The molecule has 0 bridgehead atoms. The Kier molecular flexibility index (Phi) is 3.55. The van der Waals surface area contributed by atoms with E-state index < -0.39 is 6.04 Å². The highest BCUT2D eigenvalue weighted by molar-refractivity contribution is 5.87. The largest absolute Gasteiger partial charge is 0.495 e. The molecule has 0 saturated carbocycles. The maximum atomic E-state index is 11.9. The maximum absolute atomic E-state index is 11.9. The summed E-state index contributed by atoms with van der Waals surface area (Å²) in [5, 5.41) is 0.512. The molecule has 2 rings (SSSR count). The standard InChI is InChI=1S/C14H15NO4/c1-9(14(17)19-3)15-8-7-11(16)10-5-4-6-12(18-2)13(10)15/h4-9H,1-3H3. The van der Waals surface area contributed by atoms with Crippen LogP contribution in [0, 0.1) is 0 Å². The number of fused-ring (bicyclic) bond motifs is 1. The van der Waals surface area contributed by atoms with Gasteiger partial charge in [0.2, 0.25) is 0 Å². The molecule has 0 saturated heterocycles. The Bertz CT molecular complexity index is 675. The van der Waals surface area contributed by atoms with Crippen molar-refractivity contribution >= 4 is 16.9 Å². The highest BCUT2D eigenvalue weighted by Gasteiger charge is 2.18. The molecule has 0 fully saturated rings. The van der Waals surface area contributed by atoms with Crippen molar-refractivity contribution in [1.82, 2.24) is 4.57 Å². The number of pyridine rings is 1. The number of para-hydroxylation sites is 1. The molecule has 1 aromatic heterocycles. The van der Waals surface area contributed by atoms with E-state index in [1.165, 1.54) is 20.3 Å². The lowest BCUT2D eigenvalue weighted by molar-refractivity contribution is -0.143. The lowest BCUT2D eigenvalue weighted by Gasteiger charge is -2.18. The molecular weight excluding hydrogens is 246 g/mol. The summed E-state index contributed by atoms with van der Waals surface area (Å²) < 4.78 is 11.7. The minimum atomic E-state index is -0.538. The average molecular weight is 261 g/mol. The first-order chi connectivity index (χ1) is 9.10. The van der Waals surface area contributed by atoms with Crippen LogP contribution in [0.1, 0.15) is 13.0 Å². The second-order valence-corrected chi connectivity index (χ2v) is 4.14. The molecule has 0 aliphatic heterocycles. The normalized spacial score (nSPS) is 12.2. The molecule has 5 nitrogen and oxygen atoms in total. The number of carbonyl (C=O) groups is 1. The maximum Gasteiger partial charge on any atom is 0.328 e. The van der Waals surface area contributed by atoms with Gasteiger partial charge in [0.25, 0.3) is 0 Å². The van der Waals surface area contributed by atoms with E-state index in [-0.39, 0.29) is 11.4 Å². The van der Waals surface area contributed by atoms with Gasteiger partial charge in [-0.15, -0.1) is 0 Å². The van der Waals surface area contributed by atoms with Crippen LogP contribution in [-0.2, 0) is 9.53 Å². The van der Waals surface area contributed by atoms with E-state index in [0.717, 1.165) is 0 Å². The molecule has 0 radical (unpaired) electrons. The summed E-state index contributed by atoms with van der Waals surface area (Å²) in [6.07, 6.45) is 1.58. The number of nitrogens with zero attached hydrogens (tertiary/aromatic N) is 1. The third-order valence-electron chi connectivity index (χ3n) is 3.09. The number of benzene rings is 1. The van der Waals surface area contributed by atoms with Gasteiger partial charge in [-0.1, -0.05) is 6.07 Å². The van der Waals surface area contributed by atoms with Crippen molar-refractivity contribution in [3.05, 3.63) is 40.7 Å². The van der Waals surface area contributed by atoms with E-state index in [2.05, 4.69) is 0 Å². The molecule has 0 aliphatic carbocycles. The van der Waals surface area contributed by atoms with Crippen molar-refractivity contribution in [2.75, 3.05) is 14.2 Å². The summed E-state index contributed by atoms with van der Waals surface area (Å²) in [4.78, 5) is 23.6. The van der Waals surface area contributed by atoms with Crippen molar-refractivity contribution in [3.63, 3.8) is 0 Å². The molecule has 2 aromatic rings. The fraction of sp³-hybridized carbons (Fsp3) is 0.286. The number of esters is 1. The lowest BCUT2D eigenvalue weighted by atomic mass is 10.1. The van der Waals surface area contributed by atoms with Gasteiger partial charge in [0.15, 0.2) is 5.43 Å². The Labute approximate surface area is 110 Å². The summed E-state index contributed by atoms with van der Waals surface area (Å²) in [6.45, 7) is 1.71. The Morgan fingerprint density at radius 2 is 2.00 bits per heavy atom. The van der Waals surface area contributed by atoms with E-state index in [1.807, 2.05) is 0 Å². The Balaban J connectivity index is 2.78. The molecule has 1 unspecified atom stereocenters. The van der Waals surface area contributed by atoms with Gasteiger partial charge in [-0.2, -0.15) is 0 Å². The van der Waals surface area contributed by atoms with Crippen LogP contribution in [0.25, 0.3) is 10.9 Å². The van der Waals surface area contributed by atoms with Gasteiger partial charge in [0, 0.05) is 17.6 Å². The Morgan fingerprint density at radius 1 is 1.26 bits per heavy atom. The van der Waals surface area contributed by atoms with Gasteiger partial charge in [0.05, 0.1) is 19.7 Å². The number of hydrogen-bond donors (Lipinski definition) is 0. The molecule has 0 amide bonds. The number of rotatable bonds is 3. The minimum Gasteiger partial charge on any atom is -0.495 e. The van der Waals surface area contributed by atoms with Crippen LogP contribution in [0.2, 0.25) is 0 Å². The molecule has 1 heterocycles. The predicted octanol–water partition coefficient (Wildman–Crippen LogP) is 1.74. The Hall–Kier alpha value is -2.30. The zero-order chi connectivity index (χ0) is 14.0. The van der Waals surface area contributed by atoms with E-state index in [0.29, 0.717) is 16.7 Å². The number of hydrogen-bond acceptors (Lipinski definition) is 4. The SMILES string of the molecule is COC(=O)C(C)n1ccc(=O)c2cccc(OC)c21. The zero-order valence-electron chi connectivity index (χ0n) is 11.0. The molecule has 100 valence electrons. The first-order valence-electron chi connectivity index (χ1n) is 5.86. The van der Waals surface area contributed by atoms with Crippen LogP contribution in [0.4, 0.5) is 0 Å². The molecule has 19 heavy (non-hydrogen) atoms. The zero-order valence-corrected chi connectivity index (χ0v) is 11.0. The number of carbonyl (C=O) groups excluding carboxylic acids is 1. The predicted molar refractivity (Wildman–Crippen MR) is 71.5 cm³/mol. The summed E-state index contributed by atoms with van der Waals surface area (Å²) in [7, 11) is 2.86. The fourth-order valence-corrected chi connectivity index (χ4v) is 2.07. The highest BCUT2D eigenvalue weighted by atomic mass is 16.5. The van der Waals surface area contributed by atoms with E-state index in [1.54, 1.807) is 35.9 Å². The molecule has 0 aliphatic rings. The van der Waals surface area contributed by atoms with Crippen molar-refractivity contribution in [3.8, 4) is 5.75 Å². The first-order valence-corrected chi connectivity index (χ1v) is 5.86. The fourth-order valence-electron chi connectivity index (χ4n) is 2.07. The molecular formula is C14H15NO4. The van der Waals surface area contributed by atoms with Gasteiger partial charge >= 0.3 is 5.97 Å². The first kappa shape index (κ1) is 13.1. The molecule has 0 N–H and O–H groups in total. The van der Waals surface area contributed by atoms with Crippen molar-refractivity contribution in [2.24, 2.45) is 0 Å². The third kappa shape index (κ3) is 2.19. The van der Waals surface area contributed by atoms with Gasteiger partial charge in [-0.25, -0.2) is 4.79 Å². The second kappa shape index (κ2) is 5.14. The number of aromatic nitrogens is 1. The minimum absolute atomic E-state index is 0.109. The summed E-state index contributed by atoms with van der Waals surface area (Å²) in [5.41, 5.74) is 0.484. The number of methoxy groups -OCH3 is 2. The number of ether oxygens (including phenoxy) is 2. The highest BCUT2D eigenvalue weighted by Crippen LogP contribution is 2.25. The van der Waals surface area contributed by atoms with Gasteiger partial charge in [-0.05, 0) is 19.1 Å². The van der Waals surface area contributed by atoms with Gasteiger partial charge in [-0.3, -0.25) is 4.79 Å². The summed E-state index contributed by atoms with van der Waals surface area (Å²) >= 11 is 0. The smallest absolute Gasteiger partial charge is 0.328 e. The van der Waals surface area contributed by atoms with Crippen LogP contribution in [0.3, 0.4) is 0 Å². The van der Waals surface area contributed by atoms with Gasteiger partial charge in [0.1, 0.15) is 11.8 Å². The van der Waals surface area contributed by atoms with Crippen molar-refractivity contribution in [1.29, 1.82) is 0 Å². The van der Waals surface area contributed by atoms with E-state index in [4.69, 9.17) is 9.47 Å².